The van der Waals surface area contributed by atoms with Crippen molar-refractivity contribution in [3.8, 4) is 0 Å². The first-order chi connectivity index (χ1) is 9.19. The topological polar surface area (TPSA) is 80.0 Å². The number of hydrogen-bond acceptors (Lipinski definition) is 5. The van der Waals surface area contributed by atoms with Crippen LogP contribution >= 0.6 is 11.3 Å². The number of nitrogens with two attached hydrogens (primary N) is 1. The predicted octanol–water partition coefficient (Wildman–Crippen LogP) is 2.86. The number of thiazole rings is 1. The molecule has 19 heavy (non-hydrogen) atoms. The Morgan fingerprint density at radius 2 is 1.95 bits per heavy atom. The summed E-state index contributed by atoms with van der Waals surface area (Å²) < 4.78 is 0. The van der Waals surface area contributed by atoms with E-state index in [0.29, 0.717) is 22.4 Å². The lowest BCUT2D eigenvalue weighted by Crippen LogP contribution is -2.24. The van der Waals surface area contributed by atoms with Gasteiger partial charge in [0.1, 0.15) is 10.7 Å². The van der Waals surface area contributed by atoms with Gasteiger partial charge in [-0.25, -0.2) is 4.98 Å². The molecule has 1 aromatic heterocycles. The van der Waals surface area contributed by atoms with Gasteiger partial charge in [-0.3, -0.25) is 4.79 Å². The molecular weight excluding hydrogens is 260 g/mol. The fourth-order valence-electron chi connectivity index (χ4n) is 1.79. The summed E-state index contributed by atoms with van der Waals surface area (Å²) in [6.45, 7) is 2.91. The minimum atomic E-state index is -0.120. The number of aromatic nitrogens is 1. The maximum atomic E-state index is 11.9. The van der Waals surface area contributed by atoms with Crippen LogP contribution in [-0.2, 0) is 0 Å². The fraction of sp³-hybridized carbons (Fsp3) is 0.692. The summed E-state index contributed by atoms with van der Waals surface area (Å²) in [4.78, 5) is 16.4. The Morgan fingerprint density at radius 3 is 2.58 bits per heavy atom. The lowest BCUT2D eigenvalue weighted by Gasteiger charge is -2.03. The number of nitrogens with zero attached hydrogens (tertiary/aromatic N) is 1. The Kier molecular flexibility index (Phi) is 7.25. The highest BCUT2D eigenvalue weighted by atomic mass is 32.1. The molecule has 5 nitrogen and oxygen atoms in total. The zero-order valence-corrected chi connectivity index (χ0v) is 12.6. The molecule has 0 bridgehead atoms. The molecule has 0 atom stereocenters. The average Bonchev–Trinajstić information content (AvgIpc) is 2.79. The van der Waals surface area contributed by atoms with Gasteiger partial charge in [-0.1, -0.05) is 50.4 Å². The first-order valence-electron chi connectivity index (χ1n) is 6.91. The second kappa shape index (κ2) is 8.74. The molecule has 1 heterocycles. The highest BCUT2D eigenvalue weighted by Crippen LogP contribution is 2.24. The molecule has 1 amide bonds. The summed E-state index contributed by atoms with van der Waals surface area (Å²) in [5, 5.41) is 6.45. The van der Waals surface area contributed by atoms with E-state index in [0.717, 1.165) is 6.42 Å². The predicted molar refractivity (Wildman–Crippen MR) is 81.8 cm³/mol. The Labute approximate surface area is 119 Å². The van der Waals surface area contributed by atoms with Crippen LogP contribution in [0.1, 0.15) is 55.1 Å². The SMILES string of the molecule is CCCCCCCCNC(=O)c1sc(NC)nc1N. The van der Waals surface area contributed by atoms with E-state index in [1.807, 2.05) is 0 Å². The van der Waals surface area contributed by atoms with Crippen LogP contribution in [0.4, 0.5) is 10.9 Å². The van der Waals surface area contributed by atoms with Crippen LogP contribution < -0.4 is 16.4 Å². The van der Waals surface area contributed by atoms with Crippen LogP contribution in [0.15, 0.2) is 0 Å². The van der Waals surface area contributed by atoms with Crippen LogP contribution in [-0.4, -0.2) is 24.5 Å². The van der Waals surface area contributed by atoms with Crippen LogP contribution in [0.5, 0.6) is 0 Å². The van der Waals surface area contributed by atoms with Crippen LogP contribution in [0, 0.1) is 0 Å². The molecule has 1 rings (SSSR count). The molecule has 0 aliphatic carbocycles. The lowest BCUT2D eigenvalue weighted by molar-refractivity contribution is 0.0957. The standard InChI is InChI=1S/C13H24N4OS/c1-3-4-5-6-7-8-9-16-12(18)10-11(14)17-13(15-2)19-10/h3-9,14H2,1-2H3,(H,15,17)(H,16,18). The van der Waals surface area contributed by atoms with Gasteiger partial charge in [-0.2, -0.15) is 0 Å². The Morgan fingerprint density at radius 1 is 1.26 bits per heavy atom. The third-order valence-corrected chi connectivity index (χ3v) is 3.98. The molecule has 6 heteroatoms. The summed E-state index contributed by atoms with van der Waals surface area (Å²) in [7, 11) is 1.76. The van der Waals surface area contributed by atoms with Gasteiger partial charge in [-0.15, -0.1) is 0 Å². The number of unbranched alkanes of at least 4 members (excludes halogenated alkanes) is 5. The van der Waals surface area contributed by atoms with Crippen molar-refractivity contribution in [3.05, 3.63) is 4.88 Å². The molecule has 0 saturated heterocycles. The number of amides is 1. The molecule has 0 fully saturated rings. The highest BCUT2D eigenvalue weighted by molar-refractivity contribution is 7.18. The Bertz CT molecular complexity index is 392. The minimum absolute atomic E-state index is 0.120. The summed E-state index contributed by atoms with van der Waals surface area (Å²) in [6, 6.07) is 0. The molecule has 0 radical (unpaired) electrons. The lowest BCUT2D eigenvalue weighted by atomic mass is 10.1. The largest absolute Gasteiger partial charge is 0.382 e. The first-order valence-corrected chi connectivity index (χ1v) is 7.73. The van der Waals surface area contributed by atoms with Crippen molar-refractivity contribution in [2.24, 2.45) is 0 Å². The van der Waals surface area contributed by atoms with Gasteiger partial charge in [0.25, 0.3) is 5.91 Å². The Balaban J connectivity index is 2.22. The van der Waals surface area contributed by atoms with Gasteiger partial charge in [0, 0.05) is 13.6 Å². The van der Waals surface area contributed by atoms with Crippen molar-refractivity contribution in [3.63, 3.8) is 0 Å². The zero-order chi connectivity index (χ0) is 14.1. The van der Waals surface area contributed by atoms with Crippen LogP contribution in [0.2, 0.25) is 0 Å². The van der Waals surface area contributed by atoms with E-state index in [4.69, 9.17) is 5.73 Å². The van der Waals surface area contributed by atoms with Gasteiger partial charge in [0.05, 0.1) is 0 Å². The van der Waals surface area contributed by atoms with Crippen molar-refractivity contribution >= 4 is 28.2 Å². The van der Waals surface area contributed by atoms with Gasteiger partial charge in [0.15, 0.2) is 5.13 Å². The van der Waals surface area contributed by atoms with E-state index in [1.165, 1.54) is 43.4 Å². The number of carbonyl (C=O) groups excluding carboxylic acids is 1. The third-order valence-electron chi connectivity index (χ3n) is 2.89. The average molecular weight is 284 g/mol. The van der Waals surface area contributed by atoms with Crippen molar-refractivity contribution in [1.29, 1.82) is 0 Å². The number of rotatable bonds is 9. The number of nitrogen functional groups attached to an aromatic ring is 1. The second-order valence-corrected chi connectivity index (χ2v) is 5.51. The van der Waals surface area contributed by atoms with E-state index >= 15 is 0 Å². The van der Waals surface area contributed by atoms with E-state index in [9.17, 15) is 4.79 Å². The van der Waals surface area contributed by atoms with E-state index < -0.39 is 0 Å². The highest BCUT2D eigenvalue weighted by Gasteiger charge is 2.14. The summed E-state index contributed by atoms with van der Waals surface area (Å²) in [5.74, 6) is 0.180. The first kappa shape index (κ1) is 15.8. The second-order valence-electron chi connectivity index (χ2n) is 4.51. The van der Waals surface area contributed by atoms with Crippen molar-refractivity contribution in [2.45, 2.75) is 45.4 Å². The number of hydrogen-bond donors (Lipinski definition) is 3. The van der Waals surface area contributed by atoms with E-state index in [-0.39, 0.29) is 5.91 Å². The quantitative estimate of drug-likeness (QED) is 0.609. The van der Waals surface area contributed by atoms with E-state index in [1.54, 1.807) is 7.05 Å². The number of nitrogens with one attached hydrogen (secondary N) is 2. The van der Waals surface area contributed by atoms with Crippen molar-refractivity contribution < 1.29 is 4.79 Å². The molecule has 0 aliphatic rings. The van der Waals surface area contributed by atoms with Crippen molar-refractivity contribution in [1.82, 2.24) is 10.3 Å². The minimum Gasteiger partial charge on any atom is -0.382 e. The molecular formula is C13H24N4OS. The van der Waals surface area contributed by atoms with Gasteiger partial charge in [0.2, 0.25) is 0 Å². The number of carbonyl (C=O) groups is 1. The summed E-state index contributed by atoms with van der Waals surface area (Å²) in [6.07, 6.45) is 7.28. The molecule has 108 valence electrons. The zero-order valence-electron chi connectivity index (χ0n) is 11.8. The third kappa shape index (κ3) is 5.46. The molecule has 1 aromatic rings. The summed E-state index contributed by atoms with van der Waals surface area (Å²) >= 11 is 1.28. The van der Waals surface area contributed by atoms with Gasteiger partial charge >= 0.3 is 0 Å². The van der Waals surface area contributed by atoms with Gasteiger partial charge < -0.3 is 16.4 Å². The van der Waals surface area contributed by atoms with Crippen molar-refractivity contribution in [2.75, 3.05) is 24.6 Å². The van der Waals surface area contributed by atoms with Crippen LogP contribution in [0.25, 0.3) is 0 Å². The smallest absolute Gasteiger partial charge is 0.265 e. The van der Waals surface area contributed by atoms with Gasteiger partial charge in [-0.05, 0) is 6.42 Å². The monoisotopic (exact) mass is 284 g/mol. The Hall–Kier alpha value is -1.30. The number of anilines is 2. The molecule has 0 aliphatic heterocycles. The van der Waals surface area contributed by atoms with Crippen LogP contribution in [0.3, 0.4) is 0 Å². The maximum absolute atomic E-state index is 11.9. The molecule has 4 N–H and O–H groups in total. The molecule has 0 aromatic carbocycles. The molecule has 0 unspecified atom stereocenters. The maximum Gasteiger partial charge on any atom is 0.265 e. The molecule has 0 spiro atoms. The summed E-state index contributed by atoms with van der Waals surface area (Å²) in [5.41, 5.74) is 5.70. The normalized spacial score (nSPS) is 10.4. The molecule has 0 saturated carbocycles. The fourth-order valence-corrected chi connectivity index (χ4v) is 2.54. The van der Waals surface area contributed by atoms with E-state index in [2.05, 4.69) is 22.5 Å².